The van der Waals surface area contributed by atoms with E-state index >= 15 is 0 Å². The molecule has 2 saturated carbocycles. The van der Waals surface area contributed by atoms with Crippen molar-refractivity contribution in [3.63, 3.8) is 0 Å². The van der Waals surface area contributed by atoms with Crippen LogP contribution in [0.15, 0.2) is 11.6 Å². The second kappa shape index (κ2) is 7.16. The minimum absolute atomic E-state index is 0.00386. The fraction of sp³-hybridized carbons (Fsp3) is 0.864. The van der Waals surface area contributed by atoms with Crippen LogP contribution in [0.1, 0.15) is 66.2 Å². The molecule has 2 aliphatic carbocycles. The van der Waals surface area contributed by atoms with E-state index < -0.39 is 23.6 Å². The molecule has 0 aromatic rings. The van der Waals surface area contributed by atoms with Crippen molar-refractivity contribution in [1.82, 2.24) is 0 Å². The zero-order valence-electron chi connectivity index (χ0n) is 17.2. The molecule has 0 radical (unpaired) electrons. The van der Waals surface area contributed by atoms with Crippen LogP contribution in [0.25, 0.3) is 0 Å². The molecule has 1 saturated heterocycles. The van der Waals surface area contributed by atoms with E-state index in [1.807, 2.05) is 13.0 Å². The number of hydrogen-bond acceptors (Lipinski definition) is 5. The van der Waals surface area contributed by atoms with Crippen molar-refractivity contribution in [1.29, 1.82) is 0 Å². The summed E-state index contributed by atoms with van der Waals surface area (Å²) < 4.78 is 4.97. The molecule has 5 nitrogen and oxygen atoms in total. The number of carbonyl (C=O) groups excluding carboxylic acids is 1. The molecule has 7 atom stereocenters. The zero-order chi connectivity index (χ0) is 20.0. The molecule has 0 bridgehead atoms. The lowest BCUT2D eigenvalue weighted by Crippen LogP contribution is -2.60. The first-order valence-electron chi connectivity index (χ1n) is 10.5. The lowest BCUT2D eigenvalue weighted by atomic mass is 9.42. The molecule has 3 N–H and O–H groups in total. The van der Waals surface area contributed by atoms with E-state index in [1.54, 1.807) is 0 Å². The van der Waals surface area contributed by atoms with Crippen molar-refractivity contribution in [3.8, 4) is 0 Å². The highest BCUT2D eigenvalue weighted by atomic mass is 16.6. The SMILES string of the molecule is CC[C@@]1(C)CCC2[C@](C)(CO)[C@H](O)CC[C@]2(C)[C@H]1C/C=C1/C(=O)OC[C@H]1O. The van der Waals surface area contributed by atoms with Gasteiger partial charge in [0.15, 0.2) is 0 Å². The monoisotopic (exact) mass is 380 g/mol. The molecule has 0 aromatic carbocycles. The van der Waals surface area contributed by atoms with E-state index in [9.17, 15) is 20.1 Å². The number of fused-ring (bicyclic) bond motifs is 1. The van der Waals surface area contributed by atoms with Crippen LogP contribution in [0.3, 0.4) is 0 Å². The highest BCUT2D eigenvalue weighted by molar-refractivity contribution is 5.91. The second-order valence-electron chi connectivity index (χ2n) is 9.89. The normalized spacial score (nSPS) is 49.1. The Kier molecular flexibility index (Phi) is 5.52. The van der Waals surface area contributed by atoms with Crippen LogP contribution < -0.4 is 0 Å². The summed E-state index contributed by atoms with van der Waals surface area (Å²) in [5.41, 5.74) is 0.0118. The maximum Gasteiger partial charge on any atom is 0.336 e. The third kappa shape index (κ3) is 3.16. The van der Waals surface area contributed by atoms with Crippen molar-refractivity contribution in [2.24, 2.45) is 28.1 Å². The number of carbonyl (C=O) groups is 1. The minimum Gasteiger partial charge on any atom is -0.459 e. The molecular weight excluding hydrogens is 344 g/mol. The third-order valence-corrected chi connectivity index (χ3v) is 8.64. The first kappa shape index (κ1) is 20.8. The number of cyclic esters (lactones) is 1. The van der Waals surface area contributed by atoms with E-state index in [1.165, 1.54) is 0 Å². The van der Waals surface area contributed by atoms with E-state index in [0.29, 0.717) is 17.9 Å². The predicted octanol–water partition coefficient (Wildman–Crippen LogP) is 2.82. The smallest absolute Gasteiger partial charge is 0.336 e. The summed E-state index contributed by atoms with van der Waals surface area (Å²) in [5, 5.41) is 30.9. The Labute approximate surface area is 162 Å². The van der Waals surface area contributed by atoms with E-state index in [4.69, 9.17) is 4.74 Å². The number of rotatable bonds is 4. The summed E-state index contributed by atoms with van der Waals surface area (Å²) in [6, 6.07) is 0. The molecule has 3 rings (SSSR count). The average Bonchev–Trinajstić information content (AvgIpc) is 2.96. The number of aliphatic hydroxyl groups is 3. The molecule has 1 unspecified atom stereocenters. The Bertz CT molecular complexity index is 616. The zero-order valence-corrected chi connectivity index (χ0v) is 17.2. The van der Waals surface area contributed by atoms with Crippen LogP contribution in [0, 0.1) is 28.1 Å². The maximum atomic E-state index is 11.9. The fourth-order valence-electron chi connectivity index (χ4n) is 6.58. The first-order chi connectivity index (χ1) is 12.6. The molecule has 3 aliphatic rings. The number of ether oxygens (including phenoxy) is 1. The predicted molar refractivity (Wildman–Crippen MR) is 103 cm³/mol. The number of esters is 1. The minimum atomic E-state index is -0.825. The van der Waals surface area contributed by atoms with Gasteiger partial charge in [-0.05, 0) is 54.8 Å². The van der Waals surface area contributed by atoms with Crippen LogP contribution in [0.4, 0.5) is 0 Å². The van der Waals surface area contributed by atoms with Gasteiger partial charge in [-0.2, -0.15) is 0 Å². The molecule has 0 spiro atoms. The van der Waals surface area contributed by atoms with Crippen molar-refractivity contribution >= 4 is 5.97 Å². The average molecular weight is 381 g/mol. The molecule has 27 heavy (non-hydrogen) atoms. The Hall–Kier alpha value is -0.910. The molecule has 0 aromatic heterocycles. The fourth-order valence-corrected chi connectivity index (χ4v) is 6.58. The Morgan fingerprint density at radius 3 is 2.44 bits per heavy atom. The highest BCUT2D eigenvalue weighted by Gasteiger charge is 2.60. The summed E-state index contributed by atoms with van der Waals surface area (Å²) in [7, 11) is 0. The Morgan fingerprint density at radius 1 is 1.19 bits per heavy atom. The third-order valence-electron chi connectivity index (χ3n) is 8.64. The van der Waals surface area contributed by atoms with Crippen LogP contribution in [0.2, 0.25) is 0 Å². The van der Waals surface area contributed by atoms with E-state index in [0.717, 1.165) is 32.1 Å². The standard InChI is InChI=1S/C22H36O5/c1-5-20(2)10-8-17-21(3,11-9-18(25)22(17,4)13-23)16(20)7-6-14-15(24)12-27-19(14)26/h6,15-18,23-25H,5,7-13H2,1-4H3/b14-6+/t15-,16+,17?,18-,20+,21-,22+/m1/s1. The van der Waals surface area contributed by atoms with Crippen molar-refractivity contribution in [2.45, 2.75) is 78.4 Å². The van der Waals surface area contributed by atoms with Gasteiger partial charge in [-0.15, -0.1) is 0 Å². The number of aliphatic hydroxyl groups excluding tert-OH is 3. The van der Waals surface area contributed by atoms with Gasteiger partial charge in [0.2, 0.25) is 0 Å². The quantitative estimate of drug-likeness (QED) is 0.516. The van der Waals surface area contributed by atoms with Gasteiger partial charge in [-0.3, -0.25) is 0 Å². The maximum absolute atomic E-state index is 11.9. The summed E-state index contributed by atoms with van der Waals surface area (Å²) in [4.78, 5) is 11.9. The molecule has 1 aliphatic heterocycles. The number of hydrogen-bond donors (Lipinski definition) is 3. The lowest BCUT2D eigenvalue weighted by Gasteiger charge is -2.64. The second-order valence-corrected chi connectivity index (χ2v) is 9.89. The van der Waals surface area contributed by atoms with Gasteiger partial charge >= 0.3 is 5.97 Å². The van der Waals surface area contributed by atoms with Crippen molar-refractivity contribution in [2.75, 3.05) is 13.2 Å². The van der Waals surface area contributed by atoms with Crippen LogP contribution >= 0.6 is 0 Å². The Morgan fingerprint density at radius 2 is 1.89 bits per heavy atom. The van der Waals surface area contributed by atoms with Gasteiger partial charge in [-0.25, -0.2) is 4.79 Å². The van der Waals surface area contributed by atoms with Crippen molar-refractivity contribution in [3.05, 3.63) is 11.6 Å². The molecule has 154 valence electrons. The van der Waals surface area contributed by atoms with Crippen molar-refractivity contribution < 1.29 is 24.9 Å². The van der Waals surface area contributed by atoms with Gasteiger partial charge in [0.25, 0.3) is 0 Å². The molecule has 3 fully saturated rings. The van der Waals surface area contributed by atoms with Crippen LogP contribution in [-0.4, -0.2) is 46.7 Å². The molecule has 1 heterocycles. The van der Waals surface area contributed by atoms with Gasteiger partial charge in [0, 0.05) is 5.41 Å². The lowest BCUT2D eigenvalue weighted by molar-refractivity contribution is -0.188. The molecule has 0 amide bonds. The van der Waals surface area contributed by atoms with Gasteiger partial charge in [0.05, 0.1) is 18.3 Å². The summed E-state index contributed by atoms with van der Waals surface area (Å²) in [5.74, 6) is 0.153. The largest absolute Gasteiger partial charge is 0.459 e. The summed E-state index contributed by atoms with van der Waals surface area (Å²) in [6.45, 7) is 8.96. The molecular formula is C22H36O5. The molecule has 5 heteroatoms. The van der Waals surface area contributed by atoms with Gasteiger partial charge < -0.3 is 20.1 Å². The topological polar surface area (TPSA) is 87.0 Å². The van der Waals surface area contributed by atoms with Gasteiger partial charge in [0.1, 0.15) is 12.7 Å². The number of allylic oxidation sites excluding steroid dienone is 1. The summed E-state index contributed by atoms with van der Waals surface area (Å²) in [6.07, 6.45) is 6.04. The van der Waals surface area contributed by atoms with E-state index in [-0.39, 0.29) is 30.0 Å². The Balaban J connectivity index is 1.97. The van der Waals surface area contributed by atoms with Crippen LogP contribution in [0.5, 0.6) is 0 Å². The summed E-state index contributed by atoms with van der Waals surface area (Å²) >= 11 is 0. The first-order valence-corrected chi connectivity index (χ1v) is 10.5. The van der Waals surface area contributed by atoms with Gasteiger partial charge in [-0.1, -0.05) is 40.2 Å². The highest BCUT2D eigenvalue weighted by Crippen LogP contribution is 2.65. The van der Waals surface area contributed by atoms with E-state index in [2.05, 4.69) is 20.8 Å². The van der Waals surface area contributed by atoms with Crippen LogP contribution in [-0.2, 0) is 9.53 Å².